The van der Waals surface area contributed by atoms with E-state index in [4.69, 9.17) is 9.15 Å². The second-order valence-electron chi connectivity index (χ2n) is 5.55. The second kappa shape index (κ2) is 6.22. The maximum atomic E-state index is 12.1. The van der Waals surface area contributed by atoms with E-state index < -0.39 is 0 Å². The zero-order valence-corrected chi connectivity index (χ0v) is 13.0. The third-order valence-corrected chi connectivity index (χ3v) is 3.75. The van der Waals surface area contributed by atoms with Crippen molar-refractivity contribution in [2.24, 2.45) is 0 Å². The van der Waals surface area contributed by atoms with Crippen LogP contribution in [0.1, 0.15) is 31.7 Å². The summed E-state index contributed by atoms with van der Waals surface area (Å²) < 4.78 is 10.5. The number of rotatable bonds is 2. The van der Waals surface area contributed by atoms with Crippen molar-refractivity contribution >= 4 is 21.7 Å². The molecule has 3 nitrogen and oxygen atoms in total. The van der Waals surface area contributed by atoms with E-state index in [0.29, 0.717) is 16.7 Å². The Balaban J connectivity index is 0.000000429. The first-order valence-electron chi connectivity index (χ1n) is 7.76. The van der Waals surface area contributed by atoms with Crippen LogP contribution in [0.4, 0.5) is 0 Å². The van der Waals surface area contributed by atoms with E-state index in [0.717, 1.165) is 22.8 Å². The number of fused-ring (bicyclic) bond motifs is 3. The molecular formula is C19H20O3. The number of hydrogen-bond acceptors (Lipinski definition) is 3. The van der Waals surface area contributed by atoms with Crippen LogP contribution in [0.5, 0.6) is 5.75 Å². The lowest BCUT2D eigenvalue weighted by molar-refractivity contribution is 0.414. The molecule has 1 saturated carbocycles. The highest BCUT2D eigenvalue weighted by atomic mass is 16.5. The predicted octanol–water partition coefficient (Wildman–Crippen LogP) is 4.69. The molecule has 0 unspecified atom stereocenters. The van der Waals surface area contributed by atoms with E-state index in [9.17, 15) is 4.79 Å². The molecule has 0 aliphatic heterocycles. The largest absolute Gasteiger partial charge is 0.497 e. The first kappa shape index (κ1) is 14.6. The molecule has 3 heteroatoms. The fourth-order valence-electron chi connectivity index (χ4n) is 2.31. The average Bonchev–Trinajstić information content (AvgIpc) is 3.43. The zero-order valence-electron chi connectivity index (χ0n) is 13.0. The van der Waals surface area contributed by atoms with Gasteiger partial charge in [0, 0.05) is 11.5 Å². The summed E-state index contributed by atoms with van der Waals surface area (Å²) in [6.07, 6.45) is 5.40. The van der Waals surface area contributed by atoms with E-state index in [2.05, 4.69) is 6.92 Å². The molecule has 1 aromatic heterocycles. The summed E-state index contributed by atoms with van der Waals surface area (Å²) in [5, 5.41) is 2.49. The standard InChI is InChI=1S/C16H14O3.C3H6/c1-3-10-4-6-12-13-7-5-11(18-2)9-15(13)19-16(17)14(12)8-10;1-2-3-1/h4-9H,3H2,1-2H3;1-3H2. The topological polar surface area (TPSA) is 39.4 Å². The van der Waals surface area contributed by atoms with Gasteiger partial charge < -0.3 is 9.15 Å². The lowest BCUT2D eigenvalue weighted by atomic mass is 10.0. The highest BCUT2D eigenvalue weighted by Crippen LogP contribution is 2.26. The van der Waals surface area contributed by atoms with Crippen LogP contribution in [0, 0.1) is 0 Å². The van der Waals surface area contributed by atoms with Crippen molar-refractivity contribution < 1.29 is 9.15 Å². The maximum Gasteiger partial charge on any atom is 0.344 e. The van der Waals surface area contributed by atoms with Gasteiger partial charge in [-0.2, -0.15) is 0 Å². The minimum atomic E-state index is -0.300. The van der Waals surface area contributed by atoms with Crippen LogP contribution < -0.4 is 10.4 Å². The Morgan fingerprint density at radius 1 is 1.00 bits per heavy atom. The highest BCUT2D eigenvalue weighted by Gasteiger charge is 2.08. The predicted molar refractivity (Wildman–Crippen MR) is 89.8 cm³/mol. The van der Waals surface area contributed by atoms with Crippen molar-refractivity contribution in [3.63, 3.8) is 0 Å². The lowest BCUT2D eigenvalue weighted by Gasteiger charge is -2.05. The molecule has 2 aromatic carbocycles. The van der Waals surface area contributed by atoms with Crippen molar-refractivity contribution in [2.75, 3.05) is 7.11 Å². The molecule has 1 aliphatic rings. The monoisotopic (exact) mass is 296 g/mol. The molecular weight excluding hydrogens is 276 g/mol. The van der Waals surface area contributed by atoms with Gasteiger partial charge in [0.1, 0.15) is 11.3 Å². The second-order valence-corrected chi connectivity index (χ2v) is 5.55. The average molecular weight is 296 g/mol. The minimum Gasteiger partial charge on any atom is -0.497 e. The summed E-state index contributed by atoms with van der Waals surface area (Å²) >= 11 is 0. The van der Waals surface area contributed by atoms with Crippen LogP contribution in [-0.2, 0) is 6.42 Å². The van der Waals surface area contributed by atoms with Crippen molar-refractivity contribution in [3.8, 4) is 5.75 Å². The zero-order chi connectivity index (χ0) is 15.5. The van der Waals surface area contributed by atoms with Crippen molar-refractivity contribution in [1.82, 2.24) is 0 Å². The summed E-state index contributed by atoms with van der Waals surface area (Å²) in [5.74, 6) is 0.681. The van der Waals surface area contributed by atoms with Gasteiger partial charge in [-0.25, -0.2) is 4.79 Å². The number of aryl methyl sites for hydroxylation is 1. The van der Waals surface area contributed by atoms with Crippen LogP contribution in [0.2, 0.25) is 0 Å². The van der Waals surface area contributed by atoms with Crippen LogP contribution in [-0.4, -0.2) is 7.11 Å². The number of benzene rings is 2. The van der Waals surface area contributed by atoms with E-state index >= 15 is 0 Å². The number of hydrogen-bond donors (Lipinski definition) is 0. The first-order valence-corrected chi connectivity index (χ1v) is 7.76. The van der Waals surface area contributed by atoms with Crippen LogP contribution >= 0.6 is 0 Å². The SMILES string of the molecule is C1CC1.CCc1ccc2c(c1)c(=O)oc1cc(OC)ccc12. The molecule has 0 spiro atoms. The Hall–Kier alpha value is -2.29. The Bertz CT molecular complexity index is 857. The summed E-state index contributed by atoms with van der Waals surface area (Å²) in [6, 6.07) is 11.5. The molecule has 1 fully saturated rings. The van der Waals surface area contributed by atoms with E-state index in [1.807, 2.05) is 30.3 Å². The van der Waals surface area contributed by atoms with Crippen LogP contribution in [0.15, 0.2) is 45.6 Å². The van der Waals surface area contributed by atoms with Crippen molar-refractivity contribution in [1.29, 1.82) is 0 Å². The number of ether oxygens (including phenoxy) is 1. The Labute approximate surface area is 129 Å². The van der Waals surface area contributed by atoms with Gasteiger partial charge in [0.25, 0.3) is 0 Å². The van der Waals surface area contributed by atoms with Crippen LogP contribution in [0.25, 0.3) is 21.7 Å². The molecule has 114 valence electrons. The quantitative estimate of drug-likeness (QED) is 0.509. The smallest absolute Gasteiger partial charge is 0.344 e. The normalized spacial score (nSPS) is 12.8. The maximum absolute atomic E-state index is 12.1. The third kappa shape index (κ3) is 2.98. The Morgan fingerprint density at radius 2 is 1.73 bits per heavy atom. The van der Waals surface area contributed by atoms with E-state index in [-0.39, 0.29) is 5.63 Å². The highest BCUT2D eigenvalue weighted by molar-refractivity contribution is 6.04. The van der Waals surface area contributed by atoms with Gasteiger partial charge in [-0.15, -0.1) is 0 Å². The van der Waals surface area contributed by atoms with E-state index in [1.165, 1.54) is 19.3 Å². The summed E-state index contributed by atoms with van der Waals surface area (Å²) in [6.45, 7) is 2.06. The third-order valence-electron chi connectivity index (χ3n) is 3.75. The molecule has 1 aliphatic carbocycles. The molecule has 0 amide bonds. The van der Waals surface area contributed by atoms with Gasteiger partial charge in [0.05, 0.1) is 12.5 Å². The minimum absolute atomic E-state index is 0.300. The van der Waals surface area contributed by atoms with Gasteiger partial charge in [-0.05, 0) is 35.6 Å². The summed E-state index contributed by atoms with van der Waals surface area (Å²) in [5.41, 5.74) is 1.39. The van der Waals surface area contributed by atoms with Gasteiger partial charge >= 0.3 is 5.63 Å². The Morgan fingerprint density at radius 3 is 2.36 bits per heavy atom. The fourth-order valence-corrected chi connectivity index (χ4v) is 2.31. The van der Waals surface area contributed by atoms with Crippen molar-refractivity contribution in [2.45, 2.75) is 32.6 Å². The van der Waals surface area contributed by atoms with Crippen LogP contribution in [0.3, 0.4) is 0 Å². The molecule has 1 heterocycles. The Kier molecular flexibility index (Phi) is 4.14. The fraction of sp³-hybridized carbons (Fsp3) is 0.316. The molecule has 4 rings (SSSR count). The summed E-state index contributed by atoms with van der Waals surface area (Å²) in [4.78, 5) is 12.1. The molecule has 0 N–H and O–H groups in total. The lowest BCUT2D eigenvalue weighted by Crippen LogP contribution is -2.00. The molecule has 0 bridgehead atoms. The summed E-state index contributed by atoms with van der Waals surface area (Å²) in [7, 11) is 1.59. The molecule has 3 aromatic rings. The van der Waals surface area contributed by atoms with Crippen molar-refractivity contribution in [3.05, 3.63) is 52.4 Å². The van der Waals surface area contributed by atoms with E-state index in [1.54, 1.807) is 13.2 Å². The van der Waals surface area contributed by atoms with Gasteiger partial charge in [0.15, 0.2) is 0 Å². The van der Waals surface area contributed by atoms with Gasteiger partial charge in [-0.3, -0.25) is 0 Å². The molecule has 0 radical (unpaired) electrons. The first-order chi connectivity index (χ1) is 10.7. The molecule has 22 heavy (non-hydrogen) atoms. The van der Waals surface area contributed by atoms with Gasteiger partial charge in [0.2, 0.25) is 0 Å². The number of methoxy groups -OCH3 is 1. The molecule has 0 saturated heterocycles. The molecule has 0 atom stereocenters. The van der Waals surface area contributed by atoms with Gasteiger partial charge in [-0.1, -0.05) is 38.3 Å².